The molecule has 0 aliphatic heterocycles. The fraction of sp³-hybridized carbons (Fsp3) is 0.273. The van der Waals surface area contributed by atoms with Crippen LogP contribution in [0.3, 0.4) is 0 Å². The number of para-hydroxylation sites is 1. The van der Waals surface area contributed by atoms with Gasteiger partial charge in [-0.3, -0.25) is 0 Å². The lowest BCUT2D eigenvalue weighted by Gasteiger charge is -2.11. The van der Waals surface area contributed by atoms with Gasteiger partial charge in [-0.1, -0.05) is 35.9 Å². The first-order valence-corrected chi connectivity index (χ1v) is 10.7. The average molecular weight is 381 g/mol. The Hall–Kier alpha value is -2.53. The van der Waals surface area contributed by atoms with E-state index in [1.54, 1.807) is 18.5 Å². The Kier molecular flexibility index (Phi) is 4.56. The van der Waals surface area contributed by atoms with Gasteiger partial charge in [0.25, 0.3) is 10.0 Å². The van der Waals surface area contributed by atoms with E-state index < -0.39 is 10.0 Å². The molecule has 4 nitrogen and oxygen atoms in total. The van der Waals surface area contributed by atoms with E-state index in [1.807, 2.05) is 56.3 Å². The number of aromatic nitrogens is 1. The number of aryl methyl sites for hydroxylation is 2. The van der Waals surface area contributed by atoms with Crippen LogP contribution in [0, 0.1) is 19.8 Å². The molecule has 0 saturated heterocycles. The average Bonchev–Trinajstić information content (AvgIpc) is 3.33. The molecule has 27 heavy (non-hydrogen) atoms. The molecule has 2 aromatic carbocycles. The summed E-state index contributed by atoms with van der Waals surface area (Å²) < 4.78 is 27.4. The lowest BCUT2D eigenvalue weighted by atomic mass is 10.1. The molecule has 0 spiro atoms. The molecular weight excluding hydrogens is 356 g/mol. The molecular formula is C22H24N2O2S. The number of hydrogen-bond donors (Lipinski definition) is 1. The van der Waals surface area contributed by atoms with E-state index in [0.717, 1.165) is 40.4 Å². The number of rotatable bonds is 6. The second-order valence-corrected chi connectivity index (χ2v) is 9.19. The summed E-state index contributed by atoms with van der Waals surface area (Å²) in [6, 6.07) is 15.3. The summed E-state index contributed by atoms with van der Waals surface area (Å²) in [5, 5.41) is 3.51. The zero-order chi connectivity index (χ0) is 19.0. The van der Waals surface area contributed by atoms with Crippen molar-refractivity contribution in [1.29, 1.82) is 0 Å². The molecule has 0 amide bonds. The van der Waals surface area contributed by atoms with Gasteiger partial charge in [0, 0.05) is 35.8 Å². The highest BCUT2D eigenvalue weighted by atomic mass is 32.2. The lowest BCUT2D eigenvalue weighted by molar-refractivity contribution is 0.587. The summed E-state index contributed by atoms with van der Waals surface area (Å²) in [5.41, 5.74) is 4.77. The van der Waals surface area contributed by atoms with Crippen LogP contribution in [-0.2, 0) is 10.0 Å². The maximum atomic E-state index is 13.1. The first-order valence-electron chi connectivity index (χ1n) is 9.29. The standard InChI is InChI=1S/C22H24N2O2S/c1-16-7-10-22(17(2)13-16)27(25,26)24-12-11-19(15-24)20-5-3-4-6-21(20)23-14-18-8-9-18/h3-7,10-13,15,18,23H,8-9,14H2,1-2H3. The van der Waals surface area contributed by atoms with Crippen LogP contribution < -0.4 is 5.32 Å². The normalized spacial score (nSPS) is 14.3. The van der Waals surface area contributed by atoms with Gasteiger partial charge in [0.15, 0.2) is 0 Å². The van der Waals surface area contributed by atoms with Gasteiger partial charge in [0.2, 0.25) is 0 Å². The van der Waals surface area contributed by atoms with Crippen molar-refractivity contribution in [1.82, 2.24) is 3.97 Å². The number of nitrogens with one attached hydrogen (secondary N) is 1. The van der Waals surface area contributed by atoms with Crippen molar-refractivity contribution in [3.05, 3.63) is 72.1 Å². The van der Waals surface area contributed by atoms with Crippen molar-refractivity contribution in [2.45, 2.75) is 31.6 Å². The summed E-state index contributed by atoms with van der Waals surface area (Å²) in [7, 11) is -3.61. The molecule has 0 atom stereocenters. The van der Waals surface area contributed by atoms with E-state index in [0.29, 0.717) is 4.90 Å². The largest absolute Gasteiger partial charge is 0.384 e. The molecule has 1 N–H and O–H groups in total. The molecule has 1 fully saturated rings. The number of hydrogen-bond acceptors (Lipinski definition) is 3. The van der Waals surface area contributed by atoms with Crippen LogP contribution in [-0.4, -0.2) is 18.9 Å². The molecule has 0 radical (unpaired) electrons. The number of nitrogens with zero attached hydrogens (tertiary/aromatic N) is 1. The van der Waals surface area contributed by atoms with E-state index >= 15 is 0 Å². The minimum atomic E-state index is -3.61. The Bertz CT molecular complexity index is 1080. The zero-order valence-corrected chi connectivity index (χ0v) is 16.5. The molecule has 140 valence electrons. The first kappa shape index (κ1) is 17.9. The van der Waals surface area contributed by atoms with Crippen molar-refractivity contribution in [3.63, 3.8) is 0 Å². The summed E-state index contributed by atoms with van der Waals surface area (Å²) >= 11 is 0. The topological polar surface area (TPSA) is 51.1 Å². The Balaban J connectivity index is 1.67. The molecule has 1 heterocycles. The van der Waals surface area contributed by atoms with Crippen LogP contribution in [0.2, 0.25) is 0 Å². The number of anilines is 1. The van der Waals surface area contributed by atoms with Crippen molar-refractivity contribution in [2.75, 3.05) is 11.9 Å². The van der Waals surface area contributed by atoms with Gasteiger partial charge in [0.1, 0.15) is 0 Å². The smallest absolute Gasteiger partial charge is 0.267 e. The predicted octanol–water partition coefficient (Wildman–Crippen LogP) is 4.83. The Morgan fingerprint density at radius 1 is 1.07 bits per heavy atom. The summed E-state index contributed by atoms with van der Waals surface area (Å²) in [6.07, 6.45) is 5.91. The highest BCUT2D eigenvalue weighted by Crippen LogP contribution is 2.33. The third-order valence-electron chi connectivity index (χ3n) is 5.07. The monoisotopic (exact) mass is 380 g/mol. The van der Waals surface area contributed by atoms with Gasteiger partial charge in [-0.25, -0.2) is 12.4 Å². The SMILES string of the molecule is Cc1ccc(S(=O)(=O)n2ccc(-c3ccccc3NCC3CC3)c2)c(C)c1. The van der Waals surface area contributed by atoms with Gasteiger partial charge in [-0.05, 0) is 56.4 Å². The van der Waals surface area contributed by atoms with E-state index in [-0.39, 0.29) is 0 Å². The van der Waals surface area contributed by atoms with Crippen LogP contribution in [0.4, 0.5) is 5.69 Å². The highest BCUT2D eigenvalue weighted by Gasteiger charge is 2.22. The van der Waals surface area contributed by atoms with E-state index in [9.17, 15) is 8.42 Å². The van der Waals surface area contributed by atoms with E-state index in [4.69, 9.17) is 0 Å². The predicted molar refractivity (Wildman–Crippen MR) is 110 cm³/mol. The maximum absolute atomic E-state index is 13.1. The molecule has 4 rings (SSSR count). The third kappa shape index (κ3) is 3.65. The minimum absolute atomic E-state index is 0.343. The third-order valence-corrected chi connectivity index (χ3v) is 6.87. The fourth-order valence-corrected chi connectivity index (χ4v) is 4.76. The lowest BCUT2D eigenvalue weighted by Crippen LogP contribution is -2.12. The van der Waals surface area contributed by atoms with Crippen LogP contribution in [0.15, 0.2) is 65.8 Å². The fourth-order valence-electron chi connectivity index (χ4n) is 3.35. The molecule has 0 bridgehead atoms. The summed E-state index contributed by atoms with van der Waals surface area (Å²) in [5.74, 6) is 0.771. The molecule has 0 unspecified atom stereocenters. The second-order valence-electron chi connectivity index (χ2n) is 7.37. The van der Waals surface area contributed by atoms with Gasteiger partial charge >= 0.3 is 0 Å². The van der Waals surface area contributed by atoms with Crippen LogP contribution in [0.25, 0.3) is 11.1 Å². The van der Waals surface area contributed by atoms with Gasteiger partial charge < -0.3 is 5.32 Å². The molecule has 1 saturated carbocycles. The van der Waals surface area contributed by atoms with Crippen LogP contribution in [0.5, 0.6) is 0 Å². The summed E-state index contributed by atoms with van der Waals surface area (Å²) in [4.78, 5) is 0.343. The summed E-state index contributed by atoms with van der Waals surface area (Å²) in [6.45, 7) is 4.77. The van der Waals surface area contributed by atoms with Gasteiger partial charge in [-0.2, -0.15) is 0 Å². The Labute approximate surface area is 160 Å². The van der Waals surface area contributed by atoms with Crippen molar-refractivity contribution in [2.24, 2.45) is 5.92 Å². The quantitative estimate of drug-likeness (QED) is 0.666. The molecule has 1 aliphatic carbocycles. The van der Waals surface area contributed by atoms with Crippen LogP contribution in [0.1, 0.15) is 24.0 Å². The van der Waals surface area contributed by atoms with E-state index in [1.165, 1.54) is 16.8 Å². The van der Waals surface area contributed by atoms with Gasteiger partial charge in [-0.15, -0.1) is 0 Å². The highest BCUT2D eigenvalue weighted by molar-refractivity contribution is 7.90. The zero-order valence-electron chi connectivity index (χ0n) is 15.6. The van der Waals surface area contributed by atoms with Crippen LogP contribution >= 0.6 is 0 Å². The maximum Gasteiger partial charge on any atom is 0.267 e. The molecule has 3 aromatic rings. The van der Waals surface area contributed by atoms with E-state index in [2.05, 4.69) is 5.32 Å². The Morgan fingerprint density at radius 2 is 1.85 bits per heavy atom. The second kappa shape index (κ2) is 6.89. The minimum Gasteiger partial charge on any atom is -0.384 e. The molecule has 1 aliphatic rings. The van der Waals surface area contributed by atoms with Crippen molar-refractivity contribution < 1.29 is 8.42 Å². The Morgan fingerprint density at radius 3 is 2.59 bits per heavy atom. The van der Waals surface area contributed by atoms with Crippen molar-refractivity contribution >= 4 is 15.7 Å². The van der Waals surface area contributed by atoms with Gasteiger partial charge in [0.05, 0.1) is 4.90 Å². The molecule has 1 aromatic heterocycles. The first-order chi connectivity index (χ1) is 12.9. The number of benzene rings is 2. The van der Waals surface area contributed by atoms with Crippen molar-refractivity contribution in [3.8, 4) is 11.1 Å². The molecule has 5 heteroatoms.